The minimum Gasteiger partial charge on any atom is -0.322 e. The van der Waals surface area contributed by atoms with Gasteiger partial charge in [0.1, 0.15) is 0 Å². The maximum atomic E-state index is 6.47. The van der Waals surface area contributed by atoms with Crippen molar-refractivity contribution in [1.82, 2.24) is 9.78 Å². The van der Waals surface area contributed by atoms with Gasteiger partial charge in [-0.2, -0.15) is 5.10 Å². The van der Waals surface area contributed by atoms with Gasteiger partial charge in [0.05, 0.1) is 23.0 Å². The number of halogens is 1. The Kier molecular flexibility index (Phi) is 3.79. The summed E-state index contributed by atoms with van der Waals surface area (Å²) in [6.45, 7) is 5.32. The first kappa shape index (κ1) is 12.9. The van der Waals surface area contributed by atoms with Crippen LogP contribution in [0.15, 0.2) is 6.20 Å². The van der Waals surface area contributed by atoms with Crippen LogP contribution < -0.4 is 5.73 Å². The number of aromatic nitrogens is 2. The highest BCUT2D eigenvalue weighted by Crippen LogP contribution is 2.47. The van der Waals surface area contributed by atoms with Crippen molar-refractivity contribution in [1.29, 1.82) is 0 Å². The van der Waals surface area contributed by atoms with E-state index in [-0.39, 0.29) is 11.5 Å². The summed E-state index contributed by atoms with van der Waals surface area (Å²) in [6, 6.07) is 0.00606. The number of rotatable bonds is 4. The van der Waals surface area contributed by atoms with E-state index in [0.29, 0.717) is 0 Å². The summed E-state index contributed by atoms with van der Waals surface area (Å²) in [5.41, 5.74) is 7.68. The SMILES string of the molecule is CCCn1ncc(Cl)c1C(N)C1(C)CCCC1. The fourth-order valence-electron chi connectivity index (χ4n) is 2.89. The lowest BCUT2D eigenvalue weighted by atomic mass is 9.79. The van der Waals surface area contributed by atoms with Crippen LogP contribution in [0, 0.1) is 5.41 Å². The zero-order chi connectivity index (χ0) is 12.5. The van der Waals surface area contributed by atoms with Gasteiger partial charge < -0.3 is 5.73 Å². The Bertz CT molecular complexity index is 380. The van der Waals surface area contributed by atoms with Gasteiger partial charge in [0.15, 0.2) is 0 Å². The first-order valence-corrected chi connectivity index (χ1v) is 6.93. The third kappa shape index (κ3) is 2.36. The van der Waals surface area contributed by atoms with Crippen LogP contribution >= 0.6 is 11.6 Å². The molecule has 1 aromatic heterocycles. The van der Waals surface area contributed by atoms with Gasteiger partial charge in [0.2, 0.25) is 0 Å². The van der Waals surface area contributed by atoms with Crippen molar-refractivity contribution >= 4 is 11.6 Å². The summed E-state index contributed by atoms with van der Waals surface area (Å²) in [6.07, 6.45) is 7.73. The molecule has 0 aromatic carbocycles. The molecule has 2 rings (SSSR count). The number of nitrogens with zero attached hydrogens (tertiary/aromatic N) is 2. The van der Waals surface area contributed by atoms with Crippen molar-refractivity contribution in [3.63, 3.8) is 0 Å². The van der Waals surface area contributed by atoms with Gasteiger partial charge in [0.25, 0.3) is 0 Å². The van der Waals surface area contributed by atoms with Gasteiger partial charge in [0, 0.05) is 6.54 Å². The van der Waals surface area contributed by atoms with Gasteiger partial charge in [-0.15, -0.1) is 0 Å². The van der Waals surface area contributed by atoms with Crippen LogP contribution in [0.25, 0.3) is 0 Å². The molecule has 3 nitrogen and oxygen atoms in total. The quantitative estimate of drug-likeness (QED) is 0.895. The van der Waals surface area contributed by atoms with E-state index < -0.39 is 0 Å². The average molecular weight is 256 g/mol. The predicted molar refractivity (Wildman–Crippen MR) is 71.0 cm³/mol. The lowest BCUT2D eigenvalue weighted by molar-refractivity contribution is 0.253. The van der Waals surface area contributed by atoms with Crippen molar-refractivity contribution in [3.05, 3.63) is 16.9 Å². The first-order chi connectivity index (χ1) is 8.08. The van der Waals surface area contributed by atoms with Crippen molar-refractivity contribution in [3.8, 4) is 0 Å². The Labute approximate surface area is 108 Å². The van der Waals surface area contributed by atoms with Gasteiger partial charge in [-0.1, -0.05) is 38.3 Å². The van der Waals surface area contributed by atoms with E-state index >= 15 is 0 Å². The van der Waals surface area contributed by atoms with Crippen LogP contribution in [0.3, 0.4) is 0 Å². The summed E-state index contributed by atoms with van der Waals surface area (Å²) in [5.74, 6) is 0. The molecule has 1 saturated carbocycles. The van der Waals surface area contributed by atoms with Crippen molar-refractivity contribution in [2.24, 2.45) is 11.1 Å². The topological polar surface area (TPSA) is 43.8 Å². The van der Waals surface area contributed by atoms with Crippen LogP contribution in [-0.2, 0) is 6.54 Å². The van der Waals surface area contributed by atoms with E-state index in [2.05, 4.69) is 18.9 Å². The minimum absolute atomic E-state index is 0.00606. The average Bonchev–Trinajstić information content (AvgIpc) is 2.87. The highest BCUT2D eigenvalue weighted by atomic mass is 35.5. The highest BCUT2D eigenvalue weighted by Gasteiger charge is 2.38. The molecule has 1 atom stereocenters. The van der Waals surface area contributed by atoms with Gasteiger partial charge >= 0.3 is 0 Å². The molecular weight excluding hydrogens is 234 g/mol. The standard InChI is InChI=1S/C13H22ClN3/c1-3-8-17-11(10(14)9-16-17)12(15)13(2)6-4-5-7-13/h9,12H,3-8,15H2,1-2H3. The van der Waals surface area contributed by atoms with E-state index in [0.717, 1.165) is 23.7 Å². The third-order valence-corrected chi connectivity index (χ3v) is 4.35. The molecule has 1 fully saturated rings. The molecule has 4 heteroatoms. The summed E-state index contributed by atoms with van der Waals surface area (Å²) in [5, 5.41) is 5.06. The smallest absolute Gasteiger partial charge is 0.0834 e. The van der Waals surface area contributed by atoms with Crippen LogP contribution in [0.2, 0.25) is 5.02 Å². The fourth-order valence-corrected chi connectivity index (χ4v) is 3.15. The van der Waals surface area contributed by atoms with E-state index in [1.165, 1.54) is 25.7 Å². The maximum Gasteiger partial charge on any atom is 0.0834 e. The third-order valence-electron chi connectivity index (χ3n) is 4.06. The summed E-state index contributed by atoms with van der Waals surface area (Å²) in [4.78, 5) is 0. The molecule has 0 radical (unpaired) electrons. The molecule has 0 aliphatic heterocycles. The molecule has 1 aliphatic rings. The number of hydrogen-bond acceptors (Lipinski definition) is 2. The molecule has 0 spiro atoms. The van der Waals surface area contributed by atoms with Crippen molar-refractivity contribution in [2.45, 2.75) is 58.5 Å². The number of nitrogens with two attached hydrogens (primary N) is 1. The summed E-state index contributed by atoms with van der Waals surface area (Å²) < 4.78 is 1.98. The van der Waals surface area contributed by atoms with Crippen molar-refractivity contribution < 1.29 is 0 Å². The van der Waals surface area contributed by atoms with Gasteiger partial charge in [-0.05, 0) is 24.7 Å². The van der Waals surface area contributed by atoms with Crippen molar-refractivity contribution in [2.75, 3.05) is 0 Å². The Morgan fingerprint density at radius 1 is 1.53 bits per heavy atom. The second kappa shape index (κ2) is 4.99. The molecule has 0 bridgehead atoms. The van der Waals surface area contributed by atoms with E-state index in [4.69, 9.17) is 17.3 Å². The first-order valence-electron chi connectivity index (χ1n) is 6.55. The molecule has 1 unspecified atom stereocenters. The molecule has 1 heterocycles. The van der Waals surface area contributed by atoms with E-state index in [1.807, 2.05) is 4.68 Å². The van der Waals surface area contributed by atoms with Crippen LogP contribution in [0.4, 0.5) is 0 Å². The summed E-state index contributed by atoms with van der Waals surface area (Å²) in [7, 11) is 0. The predicted octanol–water partition coefficient (Wildman–Crippen LogP) is 3.53. The van der Waals surface area contributed by atoms with Crippen LogP contribution in [0.5, 0.6) is 0 Å². The molecule has 17 heavy (non-hydrogen) atoms. The minimum atomic E-state index is 0.00606. The van der Waals surface area contributed by atoms with Crippen LogP contribution in [0.1, 0.15) is 57.7 Å². The molecular formula is C13H22ClN3. The van der Waals surface area contributed by atoms with Gasteiger partial charge in [-0.3, -0.25) is 4.68 Å². The monoisotopic (exact) mass is 255 g/mol. The molecule has 1 aliphatic carbocycles. The van der Waals surface area contributed by atoms with Crippen LogP contribution in [-0.4, -0.2) is 9.78 Å². The maximum absolute atomic E-state index is 6.47. The second-order valence-electron chi connectivity index (χ2n) is 5.44. The summed E-state index contributed by atoms with van der Waals surface area (Å²) >= 11 is 6.25. The zero-order valence-corrected chi connectivity index (χ0v) is 11.5. The highest BCUT2D eigenvalue weighted by molar-refractivity contribution is 6.31. The molecule has 0 amide bonds. The van der Waals surface area contributed by atoms with E-state index in [1.54, 1.807) is 6.20 Å². The number of aryl methyl sites for hydroxylation is 1. The second-order valence-corrected chi connectivity index (χ2v) is 5.85. The largest absolute Gasteiger partial charge is 0.322 e. The lowest BCUT2D eigenvalue weighted by Gasteiger charge is -2.31. The Morgan fingerprint density at radius 2 is 2.18 bits per heavy atom. The lowest BCUT2D eigenvalue weighted by Crippen LogP contribution is -2.31. The number of hydrogen-bond donors (Lipinski definition) is 1. The zero-order valence-electron chi connectivity index (χ0n) is 10.7. The van der Waals surface area contributed by atoms with E-state index in [9.17, 15) is 0 Å². The molecule has 96 valence electrons. The molecule has 0 saturated heterocycles. The fraction of sp³-hybridized carbons (Fsp3) is 0.769. The molecule has 2 N–H and O–H groups in total. The van der Waals surface area contributed by atoms with Gasteiger partial charge in [-0.25, -0.2) is 0 Å². The Hall–Kier alpha value is -0.540. The molecule has 1 aromatic rings. The normalized spacial score (nSPS) is 20.7. The Balaban J connectivity index is 2.29. The Morgan fingerprint density at radius 3 is 2.76 bits per heavy atom.